The van der Waals surface area contributed by atoms with Gasteiger partial charge in [0, 0.05) is 22.3 Å². The number of Topliss-reactive ketones (excluding diaryl/α,β-unsaturated/α-hetero) is 2. The van der Waals surface area contributed by atoms with E-state index in [1.807, 2.05) is 0 Å². The van der Waals surface area contributed by atoms with E-state index in [9.17, 15) is 9.59 Å². The molecule has 0 aromatic heterocycles. The first kappa shape index (κ1) is 15.6. The summed E-state index contributed by atoms with van der Waals surface area (Å²) in [7, 11) is 0. The van der Waals surface area contributed by atoms with Crippen LogP contribution < -0.4 is 0 Å². The van der Waals surface area contributed by atoms with Gasteiger partial charge in [0.15, 0.2) is 11.6 Å². The summed E-state index contributed by atoms with van der Waals surface area (Å²) in [4.78, 5) is 19.6. The smallest absolute Gasteiger partial charge is 0.195 e. The van der Waals surface area contributed by atoms with E-state index < -0.39 is 0 Å². The van der Waals surface area contributed by atoms with Gasteiger partial charge in [0.05, 0.1) is 0 Å². The minimum Gasteiger partial charge on any atom is -0.291 e. The van der Waals surface area contributed by atoms with Crippen LogP contribution in [0.2, 0.25) is 0 Å². The van der Waals surface area contributed by atoms with Crippen LogP contribution in [0.4, 0.5) is 0 Å². The number of carbonyl (C=O) groups excluding carboxylic acids is 2. The Hall–Kier alpha value is -0.305. The molecule has 0 bridgehead atoms. The van der Waals surface area contributed by atoms with E-state index in [1.54, 1.807) is 0 Å². The van der Waals surface area contributed by atoms with Crippen LogP contribution in [0.5, 0.6) is 0 Å². The summed E-state index contributed by atoms with van der Waals surface area (Å²) in [6.07, 6.45) is 0. The topological polar surface area (TPSA) is 34.1 Å². The molecule has 0 spiro atoms. The molecule has 2 nitrogen and oxygen atoms in total. The number of ketones is 2. The van der Waals surface area contributed by atoms with Crippen LogP contribution in [0.3, 0.4) is 0 Å². The van der Waals surface area contributed by atoms with E-state index in [1.165, 1.54) is 13.8 Å². The van der Waals surface area contributed by atoms with E-state index >= 15 is 0 Å². The molecule has 0 aliphatic heterocycles. The summed E-state index contributed by atoms with van der Waals surface area (Å²) in [5.41, 5.74) is 0. The highest BCUT2D eigenvalue weighted by molar-refractivity contribution is 6.35. The first-order valence-corrected chi connectivity index (χ1v) is 1.66. The minimum atomic E-state index is -0.380. The molecule has 0 rings (SSSR count). The van der Waals surface area contributed by atoms with Gasteiger partial charge < -0.3 is 0 Å². The van der Waals surface area contributed by atoms with Gasteiger partial charge >= 0.3 is 0 Å². The molecule has 0 atom stereocenters. The van der Waals surface area contributed by atoms with E-state index in [-0.39, 0.29) is 32.4 Å². The van der Waals surface area contributed by atoms with Crippen molar-refractivity contribution >= 4 is 32.4 Å². The first-order chi connectivity index (χ1) is 2.64. The highest BCUT2D eigenvalue weighted by Crippen LogP contribution is 1.66. The third-order valence-corrected chi connectivity index (χ3v) is 0.496. The molecule has 0 aromatic carbocycles. The predicted octanol–water partition coefficient (Wildman–Crippen LogP) is 0.205. The largest absolute Gasteiger partial charge is 0.291 e. The fraction of sp³-hybridized carbons (Fsp3) is 0.500. The van der Waals surface area contributed by atoms with Crippen molar-refractivity contribution in [1.29, 1.82) is 0 Å². The maximum absolute atomic E-state index is 9.79. The van der Waals surface area contributed by atoms with Gasteiger partial charge in [0.1, 0.15) is 0 Å². The Bertz CT molecular complexity index is 80.0. The van der Waals surface area contributed by atoms with Crippen LogP contribution in [-0.4, -0.2) is 20.0 Å². The van der Waals surface area contributed by atoms with Crippen molar-refractivity contribution in [2.45, 2.75) is 13.8 Å². The molecule has 45 valence electrons. The Morgan fingerprint density at radius 3 is 1.12 bits per heavy atom. The SMILES string of the molecule is CC(=O)C(C)=O.Cl.[B]. The summed E-state index contributed by atoms with van der Waals surface area (Å²) in [6.45, 7) is 2.50. The van der Waals surface area contributed by atoms with Gasteiger partial charge in [-0.1, -0.05) is 0 Å². The van der Waals surface area contributed by atoms with Gasteiger partial charge in [-0.15, -0.1) is 12.4 Å². The van der Waals surface area contributed by atoms with E-state index in [2.05, 4.69) is 0 Å². The van der Waals surface area contributed by atoms with Crippen molar-refractivity contribution in [2.75, 3.05) is 0 Å². The Kier molecular flexibility index (Phi) is 13.1. The molecule has 0 aromatic rings. The second kappa shape index (κ2) is 6.69. The van der Waals surface area contributed by atoms with Crippen molar-refractivity contribution in [3.63, 3.8) is 0 Å². The standard InChI is InChI=1S/C4H6O2.B.ClH/c1-3(5)4(2)6;;/h1-2H3;;1H. The van der Waals surface area contributed by atoms with Gasteiger partial charge in [-0.3, -0.25) is 9.59 Å². The molecule has 0 unspecified atom stereocenters. The Morgan fingerprint density at radius 1 is 1.00 bits per heavy atom. The first-order valence-electron chi connectivity index (χ1n) is 1.66. The summed E-state index contributed by atoms with van der Waals surface area (Å²) in [5.74, 6) is -0.759. The van der Waals surface area contributed by atoms with Crippen molar-refractivity contribution in [1.82, 2.24) is 0 Å². The van der Waals surface area contributed by atoms with Crippen LogP contribution in [0.25, 0.3) is 0 Å². The summed E-state index contributed by atoms with van der Waals surface area (Å²) in [5, 5.41) is 0. The van der Waals surface area contributed by atoms with Gasteiger partial charge in [0.2, 0.25) is 0 Å². The van der Waals surface area contributed by atoms with Crippen LogP contribution in [0.1, 0.15) is 13.8 Å². The molecular formula is C4H7BClO2. The molecule has 0 fully saturated rings. The minimum absolute atomic E-state index is 0. The van der Waals surface area contributed by atoms with E-state index in [4.69, 9.17) is 0 Å². The lowest BCUT2D eigenvalue weighted by Crippen LogP contribution is -2.01. The van der Waals surface area contributed by atoms with Gasteiger partial charge in [-0.2, -0.15) is 0 Å². The van der Waals surface area contributed by atoms with Gasteiger partial charge in [-0.25, -0.2) is 0 Å². The van der Waals surface area contributed by atoms with Crippen LogP contribution in [-0.2, 0) is 9.59 Å². The molecule has 4 heteroatoms. The quantitative estimate of drug-likeness (QED) is 0.378. The molecule has 0 saturated heterocycles. The molecule has 0 amide bonds. The number of carbonyl (C=O) groups is 2. The van der Waals surface area contributed by atoms with E-state index in [0.717, 1.165) is 0 Å². The molecular weight excluding hydrogens is 126 g/mol. The maximum atomic E-state index is 9.79. The van der Waals surface area contributed by atoms with Crippen molar-refractivity contribution in [2.24, 2.45) is 0 Å². The zero-order valence-electron chi connectivity index (χ0n) is 4.80. The van der Waals surface area contributed by atoms with Crippen LogP contribution >= 0.6 is 12.4 Å². The Labute approximate surface area is 56.6 Å². The molecule has 0 N–H and O–H groups in total. The van der Waals surface area contributed by atoms with Crippen molar-refractivity contribution in [3.8, 4) is 0 Å². The van der Waals surface area contributed by atoms with Crippen molar-refractivity contribution < 1.29 is 9.59 Å². The number of rotatable bonds is 1. The number of hydrogen-bond donors (Lipinski definition) is 0. The summed E-state index contributed by atoms with van der Waals surface area (Å²) in [6, 6.07) is 0. The fourth-order valence-corrected chi connectivity index (χ4v) is 0. The molecule has 0 aliphatic rings. The molecule has 8 heavy (non-hydrogen) atoms. The van der Waals surface area contributed by atoms with Crippen molar-refractivity contribution in [3.05, 3.63) is 0 Å². The zero-order chi connectivity index (χ0) is 5.15. The third-order valence-electron chi connectivity index (χ3n) is 0.496. The molecule has 0 aliphatic carbocycles. The predicted molar refractivity (Wildman–Crippen MR) is 34.4 cm³/mol. The average molecular weight is 133 g/mol. The van der Waals surface area contributed by atoms with Crippen LogP contribution in [0.15, 0.2) is 0 Å². The normalized spacial score (nSPS) is 5.75. The van der Waals surface area contributed by atoms with Gasteiger partial charge in [0.25, 0.3) is 0 Å². The lowest BCUT2D eigenvalue weighted by molar-refractivity contribution is -0.134. The zero-order valence-corrected chi connectivity index (χ0v) is 5.62. The van der Waals surface area contributed by atoms with Crippen LogP contribution in [0, 0.1) is 0 Å². The maximum Gasteiger partial charge on any atom is 0.195 e. The van der Waals surface area contributed by atoms with Gasteiger partial charge in [-0.05, 0) is 0 Å². The highest BCUT2D eigenvalue weighted by atomic mass is 35.5. The highest BCUT2D eigenvalue weighted by Gasteiger charge is 1.94. The second-order valence-corrected chi connectivity index (χ2v) is 1.11. The fourth-order valence-electron chi connectivity index (χ4n) is 0. The second-order valence-electron chi connectivity index (χ2n) is 1.11. The third kappa shape index (κ3) is 9.19. The summed E-state index contributed by atoms with van der Waals surface area (Å²) < 4.78 is 0. The molecule has 0 saturated carbocycles. The van der Waals surface area contributed by atoms with E-state index in [0.29, 0.717) is 0 Å². The molecule has 3 radical (unpaired) electrons. The summed E-state index contributed by atoms with van der Waals surface area (Å²) >= 11 is 0. The lowest BCUT2D eigenvalue weighted by Gasteiger charge is -1.73. The molecule has 0 heterocycles. The lowest BCUT2D eigenvalue weighted by atomic mass is 10.3. The average Bonchev–Trinajstić information content (AvgIpc) is 1.36. The Morgan fingerprint density at radius 2 is 1.12 bits per heavy atom. The number of halogens is 1. The number of hydrogen-bond acceptors (Lipinski definition) is 2. The monoisotopic (exact) mass is 133 g/mol. The Balaban J connectivity index is -0.000000125.